The Morgan fingerprint density at radius 1 is 1.07 bits per heavy atom. The van der Waals surface area contributed by atoms with Gasteiger partial charge in [-0.05, 0) is 51.0 Å². The van der Waals surface area contributed by atoms with Gasteiger partial charge in [-0.3, -0.25) is 0 Å². The van der Waals surface area contributed by atoms with Gasteiger partial charge in [0.15, 0.2) is 0 Å². The van der Waals surface area contributed by atoms with Gasteiger partial charge in [0, 0.05) is 5.39 Å². The van der Waals surface area contributed by atoms with E-state index < -0.39 is 17.8 Å². The average molecular weight is 395 g/mol. The minimum atomic E-state index is -4.39. The van der Waals surface area contributed by atoms with E-state index in [1.54, 1.807) is 32.9 Å². The highest BCUT2D eigenvalue weighted by molar-refractivity contribution is 6.30. The predicted molar refractivity (Wildman–Crippen MR) is 100 cm³/mol. The summed E-state index contributed by atoms with van der Waals surface area (Å²) in [5.74, 6) is 1.04. The van der Waals surface area contributed by atoms with E-state index in [4.69, 9.17) is 11.6 Å². The molecule has 27 heavy (non-hydrogen) atoms. The van der Waals surface area contributed by atoms with Gasteiger partial charge in [0.1, 0.15) is 16.8 Å². The van der Waals surface area contributed by atoms with Crippen LogP contribution in [0.4, 0.5) is 19.0 Å². The van der Waals surface area contributed by atoms with Crippen LogP contribution >= 0.6 is 11.6 Å². The van der Waals surface area contributed by atoms with Gasteiger partial charge in [0.25, 0.3) is 0 Å². The van der Waals surface area contributed by atoms with Crippen molar-refractivity contribution in [1.29, 1.82) is 0 Å². The molecule has 1 aromatic carbocycles. The molecular weight excluding hydrogens is 377 g/mol. The molecule has 3 aromatic rings. The van der Waals surface area contributed by atoms with Crippen molar-refractivity contribution in [3.63, 3.8) is 0 Å². The minimum Gasteiger partial charge on any atom is -0.363 e. The number of benzene rings is 1. The number of hydrogen-bond acceptors (Lipinski definition) is 4. The maximum absolute atomic E-state index is 13.2. The molecule has 142 valence electrons. The molecule has 0 saturated carbocycles. The molecule has 2 heterocycles. The molecule has 4 nitrogen and oxygen atoms in total. The van der Waals surface area contributed by atoms with Crippen molar-refractivity contribution in [2.75, 3.05) is 5.32 Å². The molecule has 0 aliphatic heterocycles. The Balaban J connectivity index is 2.06. The Bertz CT molecular complexity index is 1020. The zero-order valence-electron chi connectivity index (χ0n) is 15.2. The van der Waals surface area contributed by atoms with E-state index in [-0.39, 0.29) is 5.56 Å². The normalized spacial score (nSPS) is 13.0. The summed E-state index contributed by atoms with van der Waals surface area (Å²) in [6.07, 6.45) is -4.39. The van der Waals surface area contributed by atoms with Gasteiger partial charge in [-0.1, -0.05) is 23.7 Å². The Hall–Kier alpha value is -2.41. The lowest BCUT2D eigenvalue weighted by atomic mass is 9.97. The topological polar surface area (TPSA) is 50.7 Å². The summed E-state index contributed by atoms with van der Waals surface area (Å²) in [5.41, 5.74) is 1.42. The summed E-state index contributed by atoms with van der Waals surface area (Å²) in [6, 6.07) is 5.43. The molecule has 0 spiro atoms. The van der Waals surface area contributed by atoms with Crippen molar-refractivity contribution in [2.45, 2.75) is 39.9 Å². The van der Waals surface area contributed by atoms with Crippen LogP contribution in [0, 0.1) is 20.8 Å². The molecule has 8 heteroatoms. The number of aromatic nitrogens is 3. The zero-order chi connectivity index (χ0) is 19.9. The van der Waals surface area contributed by atoms with Gasteiger partial charge < -0.3 is 5.32 Å². The van der Waals surface area contributed by atoms with Crippen molar-refractivity contribution in [1.82, 2.24) is 15.0 Å². The smallest absolute Gasteiger partial charge is 0.363 e. The van der Waals surface area contributed by atoms with Gasteiger partial charge in [0.05, 0.1) is 22.8 Å². The van der Waals surface area contributed by atoms with Crippen LogP contribution in [0.3, 0.4) is 0 Å². The number of rotatable bonds is 3. The minimum absolute atomic E-state index is 0.191. The summed E-state index contributed by atoms with van der Waals surface area (Å²) in [6.45, 7) is 6.82. The molecule has 0 aliphatic rings. The molecule has 1 N–H and O–H groups in total. The van der Waals surface area contributed by atoms with Crippen LogP contribution in [-0.4, -0.2) is 15.0 Å². The standard InChI is InChI=1S/C19H18ClF3N4/c1-9-13(6-5-7-15(9)19(21,22)23)10(2)25-18-14-8-16(20)24-11(3)17(14)26-12(4)27-18/h5-8,10H,1-4H3,(H,25,26,27)/t10-/m1/s1. The third kappa shape index (κ3) is 3.83. The highest BCUT2D eigenvalue weighted by Gasteiger charge is 2.33. The van der Waals surface area contributed by atoms with E-state index in [1.165, 1.54) is 13.0 Å². The number of anilines is 1. The lowest BCUT2D eigenvalue weighted by Gasteiger charge is -2.21. The molecular formula is C19H18ClF3N4. The molecule has 1 atom stereocenters. The van der Waals surface area contributed by atoms with E-state index in [9.17, 15) is 13.2 Å². The lowest BCUT2D eigenvalue weighted by molar-refractivity contribution is -0.138. The van der Waals surface area contributed by atoms with Crippen molar-refractivity contribution >= 4 is 28.3 Å². The van der Waals surface area contributed by atoms with Gasteiger partial charge >= 0.3 is 6.18 Å². The SMILES string of the molecule is Cc1nc(N[C@H](C)c2cccc(C(F)(F)F)c2C)c2cc(Cl)nc(C)c2n1. The Labute approximate surface area is 159 Å². The summed E-state index contributed by atoms with van der Waals surface area (Å²) in [4.78, 5) is 13.0. The molecule has 0 amide bonds. The van der Waals surface area contributed by atoms with E-state index in [0.29, 0.717) is 39.0 Å². The number of fused-ring (bicyclic) bond motifs is 1. The van der Waals surface area contributed by atoms with Crippen LogP contribution in [0.1, 0.15) is 41.2 Å². The van der Waals surface area contributed by atoms with Crippen molar-refractivity contribution < 1.29 is 13.2 Å². The molecule has 0 bridgehead atoms. The third-order valence-corrected chi connectivity index (χ3v) is 4.63. The van der Waals surface area contributed by atoms with Crippen LogP contribution in [0.5, 0.6) is 0 Å². The summed E-state index contributed by atoms with van der Waals surface area (Å²) in [7, 11) is 0. The fourth-order valence-corrected chi connectivity index (χ4v) is 3.42. The Kier molecular flexibility index (Phi) is 4.99. The van der Waals surface area contributed by atoms with Gasteiger partial charge in [0.2, 0.25) is 0 Å². The second-order valence-electron chi connectivity index (χ2n) is 6.43. The first kappa shape index (κ1) is 19.4. The van der Waals surface area contributed by atoms with E-state index >= 15 is 0 Å². The van der Waals surface area contributed by atoms with Crippen molar-refractivity contribution in [3.05, 3.63) is 57.6 Å². The lowest BCUT2D eigenvalue weighted by Crippen LogP contribution is -2.14. The van der Waals surface area contributed by atoms with Crippen LogP contribution in [0.2, 0.25) is 5.15 Å². The second kappa shape index (κ2) is 6.96. The number of halogens is 4. The molecule has 0 unspecified atom stereocenters. The van der Waals surface area contributed by atoms with E-state index in [1.807, 2.05) is 0 Å². The zero-order valence-corrected chi connectivity index (χ0v) is 16.0. The Morgan fingerprint density at radius 2 is 1.78 bits per heavy atom. The average Bonchev–Trinajstić information content (AvgIpc) is 2.55. The number of alkyl halides is 3. The van der Waals surface area contributed by atoms with Crippen LogP contribution in [0.25, 0.3) is 10.9 Å². The molecule has 2 aromatic heterocycles. The fraction of sp³-hybridized carbons (Fsp3) is 0.316. The molecule has 0 radical (unpaired) electrons. The highest BCUT2D eigenvalue weighted by Crippen LogP contribution is 2.35. The summed E-state index contributed by atoms with van der Waals surface area (Å²) < 4.78 is 39.6. The highest BCUT2D eigenvalue weighted by atomic mass is 35.5. The maximum Gasteiger partial charge on any atom is 0.416 e. The maximum atomic E-state index is 13.2. The molecule has 0 saturated heterocycles. The van der Waals surface area contributed by atoms with Crippen LogP contribution < -0.4 is 5.32 Å². The molecule has 0 aliphatic carbocycles. The van der Waals surface area contributed by atoms with E-state index in [0.717, 1.165) is 6.07 Å². The monoisotopic (exact) mass is 394 g/mol. The largest absolute Gasteiger partial charge is 0.416 e. The number of nitrogens with one attached hydrogen (secondary N) is 1. The Morgan fingerprint density at radius 3 is 2.44 bits per heavy atom. The summed E-state index contributed by atoms with van der Waals surface area (Å²) >= 11 is 6.07. The quantitative estimate of drug-likeness (QED) is 0.571. The number of nitrogens with zero attached hydrogens (tertiary/aromatic N) is 3. The number of aryl methyl sites for hydroxylation is 2. The number of pyridine rings is 1. The first-order chi connectivity index (χ1) is 12.6. The second-order valence-corrected chi connectivity index (χ2v) is 6.82. The van der Waals surface area contributed by atoms with Crippen LogP contribution in [-0.2, 0) is 6.18 Å². The van der Waals surface area contributed by atoms with Crippen LogP contribution in [0.15, 0.2) is 24.3 Å². The van der Waals surface area contributed by atoms with Crippen molar-refractivity contribution in [3.8, 4) is 0 Å². The van der Waals surface area contributed by atoms with Gasteiger partial charge in [-0.15, -0.1) is 0 Å². The van der Waals surface area contributed by atoms with Crippen molar-refractivity contribution in [2.24, 2.45) is 0 Å². The summed E-state index contributed by atoms with van der Waals surface area (Å²) in [5, 5.41) is 4.19. The fourth-order valence-electron chi connectivity index (χ4n) is 3.18. The van der Waals surface area contributed by atoms with Gasteiger partial charge in [-0.25, -0.2) is 15.0 Å². The molecule has 3 rings (SSSR count). The predicted octanol–water partition coefficient (Wildman–Crippen LogP) is 5.80. The van der Waals surface area contributed by atoms with Gasteiger partial charge in [-0.2, -0.15) is 13.2 Å². The van der Waals surface area contributed by atoms with E-state index in [2.05, 4.69) is 20.3 Å². The first-order valence-corrected chi connectivity index (χ1v) is 8.70. The first-order valence-electron chi connectivity index (χ1n) is 8.32. The number of hydrogen-bond donors (Lipinski definition) is 1. The third-order valence-electron chi connectivity index (χ3n) is 4.44. The molecule has 0 fully saturated rings.